The molecule has 2 aliphatic rings. The largest absolute Gasteiger partial charge is 0.447 e. The number of cyclic esters (lactones) is 1. The molecule has 1 atom stereocenters. The minimum Gasteiger partial charge on any atom is -0.447 e. The smallest absolute Gasteiger partial charge is 0.414 e. The van der Waals surface area contributed by atoms with Crippen LogP contribution in [0.1, 0.15) is 18.4 Å². The summed E-state index contributed by atoms with van der Waals surface area (Å²) < 4.78 is 18.1. The fourth-order valence-electron chi connectivity index (χ4n) is 3.97. The lowest BCUT2D eigenvalue weighted by Crippen LogP contribution is -2.44. The number of para-hydroxylation sites is 2. The molecule has 0 aliphatic carbocycles. The molecule has 0 bridgehead atoms. The number of halogens is 1. The molecule has 2 heterocycles. The first-order chi connectivity index (χ1) is 15.0. The van der Waals surface area contributed by atoms with Crippen LogP contribution >= 0.6 is 0 Å². The average Bonchev–Trinajstić information content (AvgIpc) is 3.21. The predicted molar refractivity (Wildman–Crippen MR) is 113 cm³/mol. The maximum absolute atomic E-state index is 13.1. The number of ether oxygens (including phenoxy) is 1. The van der Waals surface area contributed by atoms with Gasteiger partial charge in [0.1, 0.15) is 12.4 Å². The Hall–Kier alpha value is -3.42. The van der Waals surface area contributed by atoms with Gasteiger partial charge in [-0.25, -0.2) is 9.18 Å². The van der Waals surface area contributed by atoms with Crippen molar-refractivity contribution in [3.8, 4) is 0 Å². The van der Waals surface area contributed by atoms with Crippen LogP contribution in [0.15, 0.2) is 48.5 Å². The minimum atomic E-state index is -0.433. The molecule has 2 aliphatic heterocycles. The first-order valence-corrected chi connectivity index (χ1v) is 10.4. The van der Waals surface area contributed by atoms with Gasteiger partial charge >= 0.3 is 6.09 Å². The van der Waals surface area contributed by atoms with Gasteiger partial charge in [0, 0.05) is 13.1 Å². The third-order valence-electron chi connectivity index (χ3n) is 5.63. The standard InChI is InChI=1S/C23H24FN3O4/c24-18-9-7-16(8-10-18)14-21(28)26-11-3-4-17(15-26)22(29)25-19-5-1-2-6-20(19)27-12-13-31-23(27)30/h1-2,5-10,17H,3-4,11-15H2,(H,25,29). The Kier molecular flexibility index (Phi) is 6.16. The normalized spacial score (nSPS) is 18.6. The second-order valence-corrected chi connectivity index (χ2v) is 7.75. The number of nitrogens with zero attached hydrogens (tertiary/aromatic N) is 2. The van der Waals surface area contributed by atoms with Gasteiger partial charge in [-0.1, -0.05) is 24.3 Å². The Morgan fingerprint density at radius 1 is 1.10 bits per heavy atom. The van der Waals surface area contributed by atoms with E-state index in [1.54, 1.807) is 41.3 Å². The molecule has 1 unspecified atom stereocenters. The molecule has 3 amide bonds. The SMILES string of the molecule is O=C(Nc1ccccc1N1CCOC1=O)C1CCCN(C(=O)Cc2ccc(F)cc2)C1. The van der Waals surface area contributed by atoms with E-state index in [0.29, 0.717) is 44.0 Å². The molecule has 0 radical (unpaired) electrons. The topological polar surface area (TPSA) is 79.0 Å². The van der Waals surface area contributed by atoms with Crippen molar-refractivity contribution >= 4 is 29.3 Å². The van der Waals surface area contributed by atoms with Crippen molar-refractivity contribution in [3.63, 3.8) is 0 Å². The van der Waals surface area contributed by atoms with Gasteiger partial charge in [-0.05, 0) is 42.7 Å². The maximum Gasteiger partial charge on any atom is 0.414 e. The molecule has 2 fully saturated rings. The lowest BCUT2D eigenvalue weighted by molar-refractivity contribution is -0.133. The van der Waals surface area contributed by atoms with Crippen molar-refractivity contribution in [1.82, 2.24) is 4.90 Å². The molecule has 4 rings (SSSR count). The molecule has 0 aromatic heterocycles. The highest BCUT2D eigenvalue weighted by Gasteiger charge is 2.30. The summed E-state index contributed by atoms with van der Waals surface area (Å²) in [6.07, 6.45) is 1.15. The van der Waals surface area contributed by atoms with Crippen LogP contribution in [0.4, 0.5) is 20.6 Å². The first kappa shape index (κ1) is 20.8. The van der Waals surface area contributed by atoms with Crippen LogP contribution in [-0.2, 0) is 20.7 Å². The van der Waals surface area contributed by atoms with Gasteiger partial charge in [0.05, 0.1) is 30.3 Å². The maximum atomic E-state index is 13.1. The molecule has 162 valence electrons. The molecule has 0 saturated carbocycles. The highest BCUT2D eigenvalue weighted by molar-refractivity contribution is 6.00. The fraction of sp³-hybridized carbons (Fsp3) is 0.348. The highest BCUT2D eigenvalue weighted by Crippen LogP contribution is 2.29. The van der Waals surface area contributed by atoms with E-state index in [-0.39, 0.29) is 30.0 Å². The van der Waals surface area contributed by atoms with Crippen molar-refractivity contribution in [1.29, 1.82) is 0 Å². The van der Waals surface area contributed by atoms with Crippen LogP contribution in [0.5, 0.6) is 0 Å². The number of benzene rings is 2. The molecule has 2 aromatic carbocycles. The summed E-state index contributed by atoms with van der Waals surface area (Å²) in [6, 6.07) is 13.0. The summed E-state index contributed by atoms with van der Waals surface area (Å²) in [4.78, 5) is 40.8. The van der Waals surface area contributed by atoms with E-state index < -0.39 is 6.09 Å². The van der Waals surface area contributed by atoms with E-state index in [0.717, 1.165) is 12.0 Å². The second kappa shape index (κ2) is 9.16. The molecule has 0 spiro atoms. The molecular formula is C23H24FN3O4. The van der Waals surface area contributed by atoms with Crippen LogP contribution < -0.4 is 10.2 Å². The number of amides is 3. The van der Waals surface area contributed by atoms with E-state index in [9.17, 15) is 18.8 Å². The van der Waals surface area contributed by atoms with Gasteiger partial charge in [0.25, 0.3) is 0 Å². The highest BCUT2D eigenvalue weighted by atomic mass is 19.1. The van der Waals surface area contributed by atoms with Gasteiger partial charge in [-0.3, -0.25) is 14.5 Å². The quantitative estimate of drug-likeness (QED) is 0.798. The first-order valence-electron chi connectivity index (χ1n) is 10.4. The lowest BCUT2D eigenvalue weighted by Gasteiger charge is -2.32. The molecule has 31 heavy (non-hydrogen) atoms. The van der Waals surface area contributed by atoms with Crippen molar-refractivity contribution in [3.05, 3.63) is 59.9 Å². The van der Waals surface area contributed by atoms with Crippen molar-refractivity contribution in [2.24, 2.45) is 5.92 Å². The van der Waals surface area contributed by atoms with Gasteiger partial charge in [-0.15, -0.1) is 0 Å². The predicted octanol–water partition coefficient (Wildman–Crippen LogP) is 3.20. The molecule has 2 aromatic rings. The summed E-state index contributed by atoms with van der Waals surface area (Å²) in [5.41, 5.74) is 1.88. The zero-order chi connectivity index (χ0) is 21.8. The van der Waals surface area contributed by atoms with Crippen LogP contribution in [0.2, 0.25) is 0 Å². The van der Waals surface area contributed by atoms with Gasteiger partial charge in [0.2, 0.25) is 11.8 Å². The Morgan fingerprint density at radius 2 is 1.87 bits per heavy atom. The Labute approximate surface area is 179 Å². The van der Waals surface area contributed by atoms with E-state index >= 15 is 0 Å². The Balaban J connectivity index is 1.40. The van der Waals surface area contributed by atoms with Crippen molar-refractivity contribution in [2.75, 3.05) is 36.5 Å². The van der Waals surface area contributed by atoms with Crippen LogP contribution in [0.25, 0.3) is 0 Å². The third kappa shape index (κ3) is 4.84. The monoisotopic (exact) mass is 425 g/mol. The number of carbonyl (C=O) groups excluding carboxylic acids is 3. The van der Waals surface area contributed by atoms with Crippen molar-refractivity contribution in [2.45, 2.75) is 19.3 Å². The number of carbonyl (C=O) groups is 3. The van der Waals surface area contributed by atoms with E-state index in [4.69, 9.17) is 4.74 Å². The summed E-state index contributed by atoms with van der Waals surface area (Å²) >= 11 is 0. The molecule has 1 N–H and O–H groups in total. The van der Waals surface area contributed by atoms with E-state index in [1.807, 2.05) is 0 Å². The summed E-state index contributed by atoms with van der Waals surface area (Å²) in [5.74, 6) is -0.943. The number of hydrogen-bond donors (Lipinski definition) is 1. The Morgan fingerprint density at radius 3 is 2.61 bits per heavy atom. The van der Waals surface area contributed by atoms with Gasteiger partial charge in [0.15, 0.2) is 0 Å². The number of anilines is 2. The summed E-state index contributed by atoms with van der Waals surface area (Å²) in [6.45, 7) is 1.68. The lowest BCUT2D eigenvalue weighted by atomic mass is 9.96. The molecule has 8 heteroatoms. The zero-order valence-corrected chi connectivity index (χ0v) is 17.1. The second-order valence-electron chi connectivity index (χ2n) is 7.75. The average molecular weight is 425 g/mol. The van der Waals surface area contributed by atoms with Gasteiger partial charge < -0.3 is 15.0 Å². The number of hydrogen-bond acceptors (Lipinski definition) is 4. The van der Waals surface area contributed by atoms with E-state index in [1.165, 1.54) is 17.0 Å². The Bertz CT molecular complexity index is 979. The van der Waals surface area contributed by atoms with Crippen LogP contribution in [0.3, 0.4) is 0 Å². The van der Waals surface area contributed by atoms with Crippen molar-refractivity contribution < 1.29 is 23.5 Å². The number of rotatable bonds is 5. The third-order valence-corrected chi connectivity index (χ3v) is 5.63. The van der Waals surface area contributed by atoms with Gasteiger partial charge in [-0.2, -0.15) is 0 Å². The molecule has 2 saturated heterocycles. The fourth-order valence-corrected chi connectivity index (χ4v) is 3.97. The summed E-state index contributed by atoms with van der Waals surface area (Å²) in [7, 11) is 0. The number of nitrogens with one attached hydrogen (secondary N) is 1. The number of piperidine rings is 1. The van der Waals surface area contributed by atoms with Crippen LogP contribution in [0, 0.1) is 11.7 Å². The molecule has 7 nitrogen and oxygen atoms in total. The minimum absolute atomic E-state index is 0.0793. The zero-order valence-electron chi connectivity index (χ0n) is 17.1. The van der Waals surface area contributed by atoms with E-state index in [2.05, 4.69) is 5.32 Å². The van der Waals surface area contributed by atoms with Crippen LogP contribution in [-0.4, -0.2) is 49.0 Å². The number of likely N-dealkylation sites (tertiary alicyclic amines) is 1. The summed E-state index contributed by atoms with van der Waals surface area (Å²) in [5, 5.41) is 2.93. The molecular weight excluding hydrogens is 401 g/mol.